The molecule has 35 heavy (non-hydrogen) atoms. The Kier molecular flexibility index (Phi) is 6.70. The van der Waals surface area contributed by atoms with Gasteiger partial charge in [0.2, 0.25) is 11.2 Å². The molecule has 0 spiro atoms. The van der Waals surface area contributed by atoms with Crippen LogP contribution in [0.5, 0.6) is 11.5 Å². The molecule has 6 nitrogen and oxygen atoms in total. The van der Waals surface area contributed by atoms with Gasteiger partial charge in [0.1, 0.15) is 11.3 Å². The Morgan fingerprint density at radius 3 is 2.46 bits per heavy atom. The smallest absolute Gasteiger partial charge is 0.418 e. The van der Waals surface area contributed by atoms with Crippen LogP contribution in [0.1, 0.15) is 5.56 Å². The van der Waals surface area contributed by atoms with Crippen molar-refractivity contribution in [2.24, 2.45) is 0 Å². The van der Waals surface area contributed by atoms with E-state index in [9.17, 15) is 22.8 Å². The van der Waals surface area contributed by atoms with Gasteiger partial charge in [0, 0.05) is 10.6 Å². The highest BCUT2D eigenvalue weighted by molar-refractivity contribution is 6.31. The SMILES string of the molecule is COc1ccc(-c2oc3ccc(Cl)cc3c(=O)c2OCC(=O)Nc2ccccc2C(F)(F)F)cc1. The van der Waals surface area contributed by atoms with Crippen LogP contribution >= 0.6 is 11.6 Å². The summed E-state index contributed by atoms with van der Waals surface area (Å²) in [4.78, 5) is 25.7. The number of benzene rings is 3. The van der Waals surface area contributed by atoms with Crippen LogP contribution in [-0.4, -0.2) is 19.6 Å². The molecule has 0 aliphatic heterocycles. The molecule has 1 amide bonds. The van der Waals surface area contributed by atoms with Gasteiger partial charge >= 0.3 is 6.18 Å². The second-order valence-corrected chi connectivity index (χ2v) is 7.78. The number of amides is 1. The third-order valence-electron chi connectivity index (χ3n) is 5.02. The maximum atomic E-state index is 13.2. The molecular formula is C25H17ClF3NO5. The van der Waals surface area contributed by atoms with Gasteiger partial charge in [0.05, 0.1) is 23.7 Å². The molecule has 1 aromatic heterocycles. The van der Waals surface area contributed by atoms with E-state index in [1.807, 2.05) is 0 Å². The number of carbonyl (C=O) groups excluding carboxylic acids is 1. The number of hydrogen-bond donors (Lipinski definition) is 1. The van der Waals surface area contributed by atoms with Gasteiger partial charge in [-0.15, -0.1) is 0 Å². The predicted octanol–water partition coefficient (Wildman–Crippen LogP) is 6.16. The summed E-state index contributed by atoms with van der Waals surface area (Å²) < 4.78 is 56.2. The normalized spacial score (nSPS) is 11.3. The van der Waals surface area contributed by atoms with Crippen LogP contribution in [0.15, 0.2) is 75.9 Å². The highest BCUT2D eigenvalue weighted by Gasteiger charge is 2.33. The maximum absolute atomic E-state index is 13.2. The molecule has 10 heteroatoms. The lowest BCUT2D eigenvalue weighted by atomic mass is 10.1. The van der Waals surface area contributed by atoms with Crippen LogP contribution in [0.3, 0.4) is 0 Å². The summed E-state index contributed by atoms with van der Waals surface area (Å²) in [5, 5.41) is 2.58. The fourth-order valence-electron chi connectivity index (χ4n) is 3.38. The molecule has 180 valence electrons. The minimum atomic E-state index is -4.66. The zero-order chi connectivity index (χ0) is 25.2. The van der Waals surface area contributed by atoms with Gasteiger partial charge in [-0.05, 0) is 54.6 Å². The van der Waals surface area contributed by atoms with Crippen LogP contribution in [0.25, 0.3) is 22.3 Å². The number of ether oxygens (including phenoxy) is 2. The summed E-state index contributed by atoms with van der Waals surface area (Å²) in [5.74, 6) is -0.582. The molecule has 0 unspecified atom stereocenters. The van der Waals surface area contributed by atoms with E-state index in [1.54, 1.807) is 30.3 Å². The topological polar surface area (TPSA) is 77.8 Å². The highest BCUT2D eigenvalue weighted by Crippen LogP contribution is 2.35. The van der Waals surface area contributed by atoms with E-state index in [-0.39, 0.29) is 27.5 Å². The molecule has 0 aliphatic carbocycles. The van der Waals surface area contributed by atoms with Gasteiger partial charge in [-0.1, -0.05) is 23.7 Å². The monoisotopic (exact) mass is 503 g/mol. The van der Waals surface area contributed by atoms with E-state index in [1.165, 1.54) is 31.4 Å². The van der Waals surface area contributed by atoms with Crippen molar-refractivity contribution in [3.63, 3.8) is 0 Å². The molecule has 3 aromatic carbocycles. The molecule has 0 aliphatic rings. The Morgan fingerprint density at radius 1 is 1.06 bits per heavy atom. The quantitative estimate of drug-likeness (QED) is 0.341. The number of halogens is 4. The van der Waals surface area contributed by atoms with Crippen molar-refractivity contribution in [3.05, 3.63) is 87.5 Å². The van der Waals surface area contributed by atoms with Gasteiger partial charge < -0.3 is 19.2 Å². The summed E-state index contributed by atoms with van der Waals surface area (Å²) in [6, 6.07) is 15.6. The van der Waals surface area contributed by atoms with Crippen molar-refractivity contribution < 1.29 is 31.9 Å². The fourth-order valence-corrected chi connectivity index (χ4v) is 3.55. The molecule has 0 atom stereocenters. The van der Waals surface area contributed by atoms with Crippen LogP contribution in [-0.2, 0) is 11.0 Å². The van der Waals surface area contributed by atoms with Crippen molar-refractivity contribution in [2.45, 2.75) is 6.18 Å². The summed E-state index contributed by atoms with van der Waals surface area (Å²) >= 11 is 6.01. The fraction of sp³-hybridized carbons (Fsp3) is 0.120. The molecule has 0 saturated carbocycles. The molecule has 1 N–H and O–H groups in total. The number of para-hydroxylation sites is 1. The third kappa shape index (κ3) is 5.25. The van der Waals surface area contributed by atoms with Crippen molar-refractivity contribution in [1.82, 2.24) is 0 Å². The first-order chi connectivity index (χ1) is 16.7. The van der Waals surface area contributed by atoms with Crippen molar-refractivity contribution in [1.29, 1.82) is 0 Å². The largest absolute Gasteiger partial charge is 0.497 e. The molecule has 0 bridgehead atoms. The Balaban J connectivity index is 1.68. The van der Waals surface area contributed by atoms with Crippen molar-refractivity contribution in [2.75, 3.05) is 19.0 Å². The number of rotatable bonds is 6. The van der Waals surface area contributed by atoms with Gasteiger partial charge in [-0.25, -0.2) is 0 Å². The van der Waals surface area contributed by atoms with E-state index < -0.39 is 35.4 Å². The number of alkyl halides is 3. The second-order valence-electron chi connectivity index (χ2n) is 7.34. The van der Waals surface area contributed by atoms with E-state index >= 15 is 0 Å². The number of hydrogen-bond acceptors (Lipinski definition) is 5. The molecule has 0 radical (unpaired) electrons. The number of carbonyl (C=O) groups is 1. The van der Waals surface area contributed by atoms with Gasteiger partial charge in [-0.2, -0.15) is 13.2 Å². The molecule has 4 aromatic rings. The Labute approximate surface area is 201 Å². The van der Waals surface area contributed by atoms with Gasteiger partial charge in [0.25, 0.3) is 5.91 Å². The van der Waals surface area contributed by atoms with Crippen LogP contribution < -0.4 is 20.2 Å². The maximum Gasteiger partial charge on any atom is 0.418 e. The first-order valence-electron chi connectivity index (χ1n) is 10.2. The zero-order valence-corrected chi connectivity index (χ0v) is 18.9. The molecule has 0 fully saturated rings. The lowest BCUT2D eigenvalue weighted by molar-refractivity contribution is -0.137. The number of methoxy groups -OCH3 is 1. The van der Waals surface area contributed by atoms with Crippen LogP contribution in [0.2, 0.25) is 5.02 Å². The minimum absolute atomic E-state index is 0.0379. The first-order valence-corrected chi connectivity index (χ1v) is 10.5. The lowest BCUT2D eigenvalue weighted by Crippen LogP contribution is -2.24. The first kappa shape index (κ1) is 24.2. The Morgan fingerprint density at radius 2 is 1.77 bits per heavy atom. The summed E-state index contributed by atoms with van der Waals surface area (Å²) in [6.07, 6.45) is -4.66. The summed E-state index contributed by atoms with van der Waals surface area (Å²) in [7, 11) is 1.50. The average molecular weight is 504 g/mol. The average Bonchev–Trinajstić information content (AvgIpc) is 2.83. The van der Waals surface area contributed by atoms with E-state index in [4.69, 9.17) is 25.5 Å². The third-order valence-corrected chi connectivity index (χ3v) is 5.25. The van der Waals surface area contributed by atoms with Crippen molar-refractivity contribution >= 4 is 34.2 Å². The Hall–Kier alpha value is -3.98. The number of anilines is 1. The minimum Gasteiger partial charge on any atom is -0.497 e. The van der Waals surface area contributed by atoms with Crippen LogP contribution in [0.4, 0.5) is 18.9 Å². The van der Waals surface area contributed by atoms with E-state index in [0.29, 0.717) is 11.3 Å². The second kappa shape index (κ2) is 9.71. The molecular weight excluding hydrogens is 487 g/mol. The van der Waals surface area contributed by atoms with Gasteiger partial charge in [0.15, 0.2) is 12.4 Å². The Bertz CT molecular complexity index is 1450. The molecule has 1 heterocycles. The van der Waals surface area contributed by atoms with E-state index in [2.05, 4.69) is 5.32 Å². The van der Waals surface area contributed by atoms with Crippen LogP contribution in [0, 0.1) is 0 Å². The van der Waals surface area contributed by atoms with E-state index in [0.717, 1.165) is 12.1 Å². The zero-order valence-electron chi connectivity index (χ0n) is 18.1. The molecule has 0 saturated heterocycles. The standard InChI is InChI=1S/C25H17ClF3NO5/c1-33-16-9-6-14(7-10-16)23-24(22(32)17-12-15(26)8-11-20(17)35-23)34-13-21(31)30-19-5-3-2-4-18(19)25(27,28)29/h2-12H,13H2,1H3,(H,30,31). The summed E-state index contributed by atoms with van der Waals surface area (Å²) in [5.41, 5.74) is -1.34. The molecule has 4 rings (SSSR count). The van der Waals surface area contributed by atoms with Gasteiger partial charge in [-0.3, -0.25) is 9.59 Å². The number of nitrogens with one attached hydrogen (secondary N) is 1. The van der Waals surface area contributed by atoms with Crippen molar-refractivity contribution in [3.8, 4) is 22.8 Å². The number of fused-ring (bicyclic) bond motifs is 1. The predicted molar refractivity (Wildman–Crippen MR) is 125 cm³/mol. The highest BCUT2D eigenvalue weighted by atomic mass is 35.5. The lowest BCUT2D eigenvalue weighted by Gasteiger charge is -2.15. The summed E-state index contributed by atoms with van der Waals surface area (Å²) in [6.45, 7) is -0.744.